The Bertz CT molecular complexity index is 250. The molecule has 0 aliphatic heterocycles. The number of hydrogen-bond acceptors (Lipinski definition) is 5. The molecule has 0 rings (SSSR count). The molecule has 2 atom stereocenters. The maximum atomic E-state index is 10.8. The Hall–Kier alpha value is 1.26. The van der Waals surface area contributed by atoms with Crippen LogP contribution in [0.15, 0.2) is 0 Å². The van der Waals surface area contributed by atoms with E-state index in [9.17, 15) is 14.0 Å². The first-order valence-corrected chi connectivity index (χ1v) is 6.69. The summed E-state index contributed by atoms with van der Waals surface area (Å²) < 4.78 is 25.3. The predicted molar refractivity (Wildman–Crippen MR) is 41.9 cm³/mol. The fourth-order valence-electron chi connectivity index (χ4n) is 0.469. The third kappa shape index (κ3) is 5.98. The quantitative estimate of drug-likeness (QED) is 0.343. The van der Waals surface area contributed by atoms with Crippen molar-refractivity contribution in [2.24, 2.45) is 0 Å². The minimum Gasteiger partial charge on any atom is -0.776 e. The van der Waals surface area contributed by atoms with Gasteiger partial charge >= 0.3 is 37.2 Å². The Morgan fingerprint density at radius 3 is 2.14 bits per heavy atom. The van der Waals surface area contributed by atoms with Crippen LogP contribution >= 0.6 is 15.2 Å². The maximum Gasteiger partial charge on any atom is 1.00 e. The zero-order valence-corrected chi connectivity index (χ0v) is 11.6. The van der Waals surface area contributed by atoms with Crippen LogP contribution < -0.4 is 34.5 Å². The van der Waals surface area contributed by atoms with Crippen LogP contribution in [0.5, 0.6) is 0 Å². The summed E-state index contributed by atoms with van der Waals surface area (Å²) in [6.07, 6.45) is 0.361. The van der Waals surface area contributed by atoms with Crippen LogP contribution in [-0.4, -0.2) is 27.1 Å². The van der Waals surface area contributed by atoms with E-state index >= 15 is 0 Å². The van der Waals surface area contributed by atoms with Crippen LogP contribution in [0.2, 0.25) is 0 Å². The molecule has 0 saturated carbocycles. The van der Waals surface area contributed by atoms with Crippen molar-refractivity contribution in [1.82, 2.24) is 0 Å². The molecule has 0 aliphatic carbocycles. The van der Waals surface area contributed by atoms with Crippen LogP contribution in [0.25, 0.3) is 0 Å². The summed E-state index contributed by atoms with van der Waals surface area (Å²) in [6, 6.07) is 0. The number of aliphatic hydroxyl groups excluding tert-OH is 1. The van der Waals surface area contributed by atoms with Crippen LogP contribution in [0.1, 0.15) is 13.3 Å². The SMILES string of the molecule is CCCOP(=O)([O-])C(O)P(=O)(O)O.[Na+]. The molecule has 0 bridgehead atoms. The van der Waals surface area contributed by atoms with E-state index in [0.29, 0.717) is 6.42 Å². The van der Waals surface area contributed by atoms with Crippen molar-refractivity contribution < 1.29 is 63.0 Å². The summed E-state index contributed by atoms with van der Waals surface area (Å²) in [5, 5.41) is 8.68. The summed E-state index contributed by atoms with van der Waals surface area (Å²) in [4.78, 5) is 27.5. The maximum absolute atomic E-state index is 10.8. The average Bonchev–Trinajstić information content (AvgIpc) is 1.98. The van der Waals surface area contributed by atoms with Gasteiger partial charge in [-0.05, 0) is 6.42 Å². The zero-order valence-electron chi connectivity index (χ0n) is 7.86. The minimum atomic E-state index is -5.06. The standard InChI is InChI=1S/C4H12O7P2.Na/c1-2-3-11-13(9,10)4(5)12(6,7)8;/h4-5H,2-3H2,1H3,(H,9,10)(H2,6,7,8);/q;+1/p-1. The Balaban J connectivity index is 0. The number of rotatable bonds is 5. The zero-order chi connectivity index (χ0) is 10.7. The van der Waals surface area contributed by atoms with E-state index in [0.717, 1.165) is 0 Å². The van der Waals surface area contributed by atoms with Crippen molar-refractivity contribution in [2.75, 3.05) is 6.61 Å². The molecule has 14 heavy (non-hydrogen) atoms. The van der Waals surface area contributed by atoms with Gasteiger partial charge in [0.1, 0.15) is 0 Å². The molecule has 2 unspecified atom stereocenters. The molecule has 0 radical (unpaired) electrons. The van der Waals surface area contributed by atoms with Crippen molar-refractivity contribution in [3.8, 4) is 0 Å². The normalized spacial score (nSPS) is 18.1. The molecule has 0 aromatic heterocycles. The molecular weight excluding hydrogens is 245 g/mol. The molecule has 3 N–H and O–H groups in total. The largest absolute Gasteiger partial charge is 1.00 e. The molecule has 0 heterocycles. The van der Waals surface area contributed by atoms with Gasteiger partial charge in [0.05, 0.1) is 6.61 Å². The van der Waals surface area contributed by atoms with E-state index in [2.05, 4.69) is 4.52 Å². The van der Waals surface area contributed by atoms with Gasteiger partial charge in [-0.25, -0.2) is 0 Å². The van der Waals surface area contributed by atoms with Gasteiger partial charge in [-0.2, -0.15) is 0 Å². The van der Waals surface area contributed by atoms with E-state index < -0.39 is 20.8 Å². The van der Waals surface area contributed by atoms with Gasteiger partial charge in [0, 0.05) is 0 Å². The van der Waals surface area contributed by atoms with E-state index in [1.807, 2.05) is 0 Å². The Morgan fingerprint density at radius 1 is 1.43 bits per heavy atom. The van der Waals surface area contributed by atoms with Gasteiger partial charge < -0.3 is 28.9 Å². The first kappa shape index (κ1) is 17.6. The molecule has 0 aliphatic rings. The molecule has 80 valence electrons. The fraction of sp³-hybridized carbons (Fsp3) is 1.00. The molecule has 0 amide bonds. The average molecular weight is 256 g/mol. The van der Waals surface area contributed by atoms with E-state index in [1.165, 1.54) is 0 Å². The molecule has 0 saturated heterocycles. The van der Waals surface area contributed by atoms with Crippen molar-refractivity contribution >= 4 is 15.2 Å². The second-order valence-electron chi connectivity index (χ2n) is 2.31. The summed E-state index contributed by atoms with van der Waals surface area (Å²) in [6.45, 7) is 1.40. The number of aliphatic hydroxyl groups is 1. The monoisotopic (exact) mass is 256 g/mol. The second kappa shape index (κ2) is 6.76. The van der Waals surface area contributed by atoms with Gasteiger partial charge in [0.2, 0.25) is 5.59 Å². The summed E-state index contributed by atoms with van der Waals surface area (Å²) in [5.74, 6) is 0. The van der Waals surface area contributed by atoms with Gasteiger partial charge in [-0.15, -0.1) is 0 Å². The van der Waals surface area contributed by atoms with Crippen molar-refractivity contribution in [3.63, 3.8) is 0 Å². The number of hydrogen-bond donors (Lipinski definition) is 3. The Labute approximate surface area is 103 Å². The van der Waals surface area contributed by atoms with Crippen LogP contribution in [0, 0.1) is 0 Å². The Morgan fingerprint density at radius 2 is 1.86 bits per heavy atom. The van der Waals surface area contributed by atoms with Crippen molar-refractivity contribution in [2.45, 2.75) is 18.9 Å². The van der Waals surface area contributed by atoms with Gasteiger partial charge in [-0.1, -0.05) is 6.92 Å². The molecular formula is C4H11NaO7P2. The van der Waals surface area contributed by atoms with Gasteiger partial charge in [0.15, 0.2) is 7.60 Å². The molecule has 0 spiro atoms. The molecule has 10 heteroatoms. The topological polar surface area (TPSA) is 127 Å². The van der Waals surface area contributed by atoms with Crippen LogP contribution in [0.3, 0.4) is 0 Å². The van der Waals surface area contributed by atoms with Gasteiger partial charge in [0.25, 0.3) is 0 Å². The van der Waals surface area contributed by atoms with Crippen molar-refractivity contribution in [1.29, 1.82) is 0 Å². The smallest absolute Gasteiger partial charge is 0.776 e. The van der Waals surface area contributed by atoms with Crippen LogP contribution in [-0.2, 0) is 13.7 Å². The molecule has 0 aromatic rings. The Kier molecular flexibility index (Phi) is 8.52. The first-order valence-electron chi connectivity index (χ1n) is 3.40. The van der Waals surface area contributed by atoms with Crippen molar-refractivity contribution in [3.05, 3.63) is 0 Å². The van der Waals surface area contributed by atoms with E-state index in [-0.39, 0.29) is 36.2 Å². The van der Waals surface area contributed by atoms with E-state index in [1.54, 1.807) is 6.92 Å². The van der Waals surface area contributed by atoms with E-state index in [4.69, 9.17) is 14.9 Å². The third-order valence-electron chi connectivity index (χ3n) is 1.06. The minimum absolute atomic E-state index is 0. The first-order chi connectivity index (χ1) is 5.72. The summed E-state index contributed by atoms with van der Waals surface area (Å²) in [7, 11) is -9.94. The molecule has 0 fully saturated rings. The summed E-state index contributed by atoms with van der Waals surface area (Å²) in [5.41, 5.74) is -2.77. The molecule has 7 nitrogen and oxygen atoms in total. The third-order valence-corrected chi connectivity index (χ3v) is 4.52. The molecule has 0 aromatic carbocycles. The summed E-state index contributed by atoms with van der Waals surface area (Å²) >= 11 is 0. The van der Waals surface area contributed by atoms with Crippen LogP contribution in [0.4, 0.5) is 0 Å². The fourth-order valence-corrected chi connectivity index (χ4v) is 2.71. The second-order valence-corrected chi connectivity index (χ2v) is 6.21. The van der Waals surface area contributed by atoms with Gasteiger partial charge in [-0.3, -0.25) is 4.57 Å². The predicted octanol–water partition coefficient (Wildman–Crippen LogP) is -3.58.